The highest BCUT2D eigenvalue weighted by molar-refractivity contribution is 9.10. The molecule has 0 heterocycles. The van der Waals surface area contributed by atoms with Gasteiger partial charge in [-0.25, -0.2) is 0 Å². The maximum atomic E-state index is 11.9. The molecule has 4 heteroatoms. The maximum absolute atomic E-state index is 11.9. The van der Waals surface area contributed by atoms with Crippen molar-refractivity contribution in [1.29, 1.82) is 0 Å². The van der Waals surface area contributed by atoms with Gasteiger partial charge in [0.1, 0.15) is 0 Å². The van der Waals surface area contributed by atoms with Crippen molar-refractivity contribution in [2.75, 3.05) is 5.75 Å². The van der Waals surface area contributed by atoms with Crippen molar-refractivity contribution < 1.29 is 4.79 Å². The van der Waals surface area contributed by atoms with Gasteiger partial charge in [-0.1, -0.05) is 22.9 Å². The second-order valence-corrected chi connectivity index (χ2v) is 7.23. The van der Waals surface area contributed by atoms with Crippen LogP contribution in [0.25, 0.3) is 0 Å². The Morgan fingerprint density at radius 2 is 1.89 bits per heavy atom. The quantitative estimate of drug-likeness (QED) is 0.830. The molecule has 1 amide bonds. The molecule has 19 heavy (non-hydrogen) atoms. The predicted octanol–water partition coefficient (Wildman–Crippen LogP) is 4.24. The third kappa shape index (κ3) is 5.19. The highest BCUT2D eigenvalue weighted by Gasteiger charge is 2.19. The monoisotopic (exact) mass is 341 g/mol. The molecule has 2 rings (SSSR count). The van der Waals surface area contributed by atoms with E-state index in [2.05, 4.69) is 28.2 Å². The van der Waals surface area contributed by atoms with Crippen molar-refractivity contribution in [1.82, 2.24) is 5.32 Å². The zero-order valence-electron chi connectivity index (χ0n) is 11.2. The van der Waals surface area contributed by atoms with E-state index in [0.29, 0.717) is 11.8 Å². The lowest BCUT2D eigenvalue weighted by Crippen LogP contribution is -2.38. The first kappa shape index (κ1) is 14.9. The molecule has 0 spiro atoms. The van der Waals surface area contributed by atoms with Gasteiger partial charge in [0.2, 0.25) is 5.91 Å². The van der Waals surface area contributed by atoms with Gasteiger partial charge in [-0.2, -0.15) is 0 Å². The van der Waals surface area contributed by atoms with Crippen LogP contribution in [0.3, 0.4) is 0 Å². The number of hydrogen-bond acceptors (Lipinski definition) is 2. The fraction of sp³-hybridized carbons (Fsp3) is 0.533. The first-order chi connectivity index (χ1) is 9.13. The van der Waals surface area contributed by atoms with Gasteiger partial charge in [-0.3, -0.25) is 4.79 Å². The van der Waals surface area contributed by atoms with Gasteiger partial charge in [0.15, 0.2) is 0 Å². The largest absolute Gasteiger partial charge is 0.353 e. The first-order valence-corrected chi connectivity index (χ1v) is 8.59. The molecule has 104 valence electrons. The van der Waals surface area contributed by atoms with Gasteiger partial charge in [-0.15, -0.1) is 11.8 Å². The normalized spacial score (nSPS) is 23.1. The molecular formula is C15H20BrNOS. The fourth-order valence-corrected chi connectivity index (χ4v) is 3.33. The summed E-state index contributed by atoms with van der Waals surface area (Å²) < 4.78 is 1.07. The number of hydrogen-bond donors (Lipinski definition) is 1. The summed E-state index contributed by atoms with van der Waals surface area (Å²) in [7, 11) is 0. The topological polar surface area (TPSA) is 29.1 Å². The second-order valence-electron chi connectivity index (χ2n) is 5.27. The van der Waals surface area contributed by atoms with Crippen molar-refractivity contribution in [2.45, 2.75) is 43.5 Å². The van der Waals surface area contributed by atoms with Gasteiger partial charge in [0, 0.05) is 15.4 Å². The summed E-state index contributed by atoms with van der Waals surface area (Å²) in [6.45, 7) is 2.29. The molecule has 0 unspecified atom stereocenters. The van der Waals surface area contributed by atoms with Gasteiger partial charge >= 0.3 is 0 Å². The van der Waals surface area contributed by atoms with E-state index in [1.165, 1.54) is 12.8 Å². The molecule has 1 saturated carbocycles. The lowest BCUT2D eigenvalue weighted by atomic mass is 9.87. The summed E-state index contributed by atoms with van der Waals surface area (Å²) in [5.74, 6) is 1.49. The molecule has 1 aromatic carbocycles. The van der Waals surface area contributed by atoms with Gasteiger partial charge in [0.25, 0.3) is 0 Å². The van der Waals surface area contributed by atoms with E-state index < -0.39 is 0 Å². The van der Waals surface area contributed by atoms with Crippen LogP contribution in [-0.4, -0.2) is 17.7 Å². The Hall–Kier alpha value is -0.480. The summed E-state index contributed by atoms with van der Waals surface area (Å²) in [6, 6.07) is 8.47. The first-order valence-electron chi connectivity index (χ1n) is 6.81. The van der Waals surface area contributed by atoms with Crippen molar-refractivity contribution in [2.24, 2.45) is 5.92 Å². The molecule has 0 aromatic heterocycles. The minimum absolute atomic E-state index is 0.160. The second kappa shape index (κ2) is 7.34. The number of halogens is 1. The average Bonchev–Trinajstić information content (AvgIpc) is 2.41. The highest BCUT2D eigenvalue weighted by atomic mass is 79.9. The fourth-order valence-electron chi connectivity index (χ4n) is 2.35. The summed E-state index contributed by atoms with van der Waals surface area (Å²) in [4.78, 5) is 13.0. The molecule has 2 nitrogen and oxygen atoms in total. The third-order valence-electron chi connectivity index (χ3n) is 3.56. The summed E-state index contributed by atoms with van der Waals surface area (Å²) >= 11 is 5.00. The van der Waals surface area contributed by atoms with Crippen LogP contribution in [-0.2, 0) is 4.79 Å². The predicted molar refractivity (Wildman–Crippen MR) is 84.4 cm³/mol. The van der Waals surface area contributed by atoms with Crippen LogP contribution in [0.4, 0.5) is 0 Å². The number of amides is 1. The molecule has 0 radical (unpaired) electrons. The molecule has 0 bridgehead atoms. The van der Waals surface area contributed by atoms with Gasteiger partial charge in [0.05, 0.1) is 5.75 Å². The Morgan fingerprint density at radius 1 is 1.26 bits per heavy atom. The summed E-state index contributed by atoms with van der Waals surface area (Å²) in [5.41, 5.74) is 0. The molecular weight excluding hydrogens is 322 g/mol. The molecule has 1 fully saturated rings. The number of benzene rings is 1. The molecule has 1 aromatic rings. The number of carbonyl (C=O) groups is 1. The van der Waals surface area contributed by atoms with Crippen LogP contribution in [0.5, 0.6) is 0 Å². The lowest BCUT2D eigenvalue weighted by Gasteiger charge is -2.26. The van der Waals surface area contributed by atoms with Crippen molar-refractivity contribution in [3.05, 3.63) is 28.7 Å². The van der Waals surface area contributed by atoms with Crippen molar-refractivity contribution in [3.63, 3.8) is 0 Å². The standard InChI is InChI=1S/C15H20BrNOS/c1-11-2-6-13(7-3-11)17-15(18)10-19-14-8-4-12(16)5-9-14/h4-5,8-9,11,13H,2-3,6-7,10H2,1H3,(H,17,18). The SMILES string of the molecule is CC1CCC(NC(=O)CSc2ccc(Br)cc2)CC1. The third-order valence-corrected chi connectivity index (χ3v) is 5.11. The van der Waals surface area contributed by atoms with E-state index in [-0.39, 0.29) is 5.91 Å². The van der Waals surface area contributed by atoms with E-state index in [4.69, 9.17) is 0 Å². The molecule has 1 aliphatic rings. The van der Waals surface area contributed by atoms with E-state index in [9.17, 15) is 4.79 Å². The lowest BCUT2D eigenvalue weighted by molar-refractivity contribution is -0.119. The minimum Gasteiger partial charge on any atom is -0.353 e. The summed E-state index contributed by atoms with van der Waals surface area (Å²) in [6.07, 6.45) is 4.75. The van der Waals surface area contributed by atoms with Crippen LogP contribution in [0, 0.1) is 5.92 Å². The molecule has 0 saturated heterocycles. The molecule has 0 atom stereocenters. The average molecular weight is 342 g/mol. The van der Waals surface area contributed by atoms with Crippen molar-refractivity contribution >= 4 is 33.6 Å². The van der Waals surface area contributed by atoms with Crippen LogP contribution in [0.15, 0.2) is 33.6 Å². The molecule has 0 aliphatic heterocycles. The molecule has 1 aliphatic carbocycles. The Bertz CT molecular complexity index is 413. The van der Waals surface area contributed by atoms with Crippen LogP contribution < -0.4 is 5.32 Å². The number of rotatable bonds is 4. The summed E-state index contributed by atoms with van der Waals surface area (Å²) in [5, 5.41) is 3.15. The van der Waals surface area contributed by atoms with Crippen LogP contribution >= 0.6 is 27.7 Å². The van der Waals surface area contributed by atoms with E-state index in [1.807, 2.05) is 24.3 Å². The smallest absolute Gasteiger partial charge is 0.230 e. The minimum atomic E-state index is 0.160. The number of thioether (sulfide) groups is 1. The van der Waals surface area contributed by atoms with E-state index in [0.717, 1.165) is 28.1 Å². The molecule has 1 N–H and O–H groups in total. The van der Waals surface area contributed by atoms with E-state index in [1.54, 1.807) is 11.8 Å². The zero-order chi connectivity index (χ0) is 13.7. The maximum Gasteiger partial charge on any atom is 0.230 e. The Labute approximate surface area is 127 Å². The Morgan fingerprint density at radius 3 is 2.53 bits per heavy atom. The van der Waals surface area contributed by atoms with Crippen molar-refractivity contribution in [3.8, 4) is 0 Å². The number of nitrogens with one attached hydrogen (secondary N) is 1. The van der Waals surface area contributed by atoms with E-state index >= 15 is 0 Å². The zero-order valence-corrected chi connectivity index (χ0v) is 13.6. The van der Waals surface area contributed by atoms with Gasteiger partial charge < -0.3 is 5.32 Å². The Balaban J connectivity index is 1.71. The Kier molecular flexibility index (Phi) is 5.76. The van der Waals surface area contributed by atoms with Crippen LogP contribution in [0.1, 0.15) is 32.6 Å². The van der Waals surface area contributed by atoms with Gasteiger partial charge in [-0.05, 0) is 55.9 Å². The number of carbonyl (C=O) groups excluding carboxylic acids is 1. The highest BCUT2D eigenvalue weighted by Crippen LogP contribution is 2.24. The van der Waals surface area contributed by atoms with Crippen LogP contribution in [0.2, 0.25) is 0 Å².